The first kappa shape index (κ1) is 13.2. The summed E-state index contributed by atoms with van der Waals surface area (Å²) < 4.78 is 0. The van der Waals surface area contributed by atoms with Crippen LogP contribution in [0.5, 0.6) is 0 Å². The largest absolute Gasteiger partial charge is 0.339 e. The number of hydrogen-bond acceptors (Lipinski definition) is 1. The van der Waals surface area contributed by atoms with E-state index in [4.69, 9.17) is 11.6 Å². The van der Waals surface area contributed by atoms with Crippen LogP contribution in [0.15, 0.2) is 0 Å². The molecule has 0 aromatic carbocycles. The predicted octanol–water partition coefficient (Wildman–Crippen LogP) is 3.29. The molecule has 0 spiro atoms. The molecule has 3 atom stereocenters. The smallest absolute Gasteiger partial charge is 0.223 e. The van der Waals surface area contributed by atoms with Crippen LogP contribution >= 0.6 is 11.6 Å². The van der Waals surface area contributed by atoms with Crippen molar-refractivity contribution in [3.63, 3.8) is 0 Å². The second-order valence-corrected chi connectivity index (χ2v) is 6.81. The van der Waals surface area contributed by atoms with Crippen LogP contribution in [0, 0.1) is 17.8 Å². The Bertz CT molecular complexity index is 303. The van der Waals surface area contributed by atoms with Gasteiger partial charge in [0.05, 0.1) is 5.54 Å². The quantitative estimate of drug-likeness (QED) is 0.708. The fourth-order valence-corrected chi connectivity index (χ4v) is 3.59. The third kappa shape index (κ3) is 2.62. The Hall–Kier alpha value is -0.240. The van der Waals surface area contributed by atoms with E-state index in [0.29, 0.717) is 11.8 Å². The molecule has 0 N–H and O–H groups in total. The third-order valence-electron chi connectivity index (χ3n) is 4.93. The number of hydrogen-bond donors (Lipinski definition) is 0. The fraction of sp³-hybridized carbons (Fsp3) is 0.929. The number of carbonyl (C=O) groups is 1. The van der Waals surface area contributed by atoms with Gasteiger partial charge in [-0.05, 0) is 50.9 Å². The standard InChI is InChI=1S/C14H24ClNO/c1-14(2,9-15)16(3)13(17)8-12-7-10-4-5-11(12)6-10/h10-12H,4-9H2,1-3H3. The molecule has 0 aromatic heterocycles. The van der Waals surface area contributed by atoms with Crippen LogP contribution in [0.4, 0.5) is 0 Å². The van der Waals surface area contributed by atoms with Gasteiger partial charge in [-0.1, -0.05) is 6.42 Å². The van der Waals surface area contributed by atoms with E-state index < -0.39 is 0 Å². The van der Waals surface area contributed by atoms with E-state index >= 15 is 0 Å². The summed E-state index contributed by atoms with van der Waals surface area (Å²) in [5.41, 5.74) is -0.226. The number of halogens is 1. The van der Waals surface area contributed by atoms with Crippen LogP contribution < -0.4 is 0 Å². The van der Waals surface area contributed by atoms with Crippen LogP contribution in [0.25, 0.3) is 0 Å². The van der Waals surface area contributed by atoms with Crippen molar-refractivity contribution in [3.05, 3.63) is 0 Å². The van der Waals surface area contributed by atoms with Crippen molar-refractivity contribution >= 4 is 17.5 Å². The second-order valence-electron chi connectivity index (χ2n) is 6.54. The molecule has 0 aromatic rings. The number of nitrogens with zero attached hydrogens (tertiary/aromatic N) is 1. The highest BCUT2D eigenvalue weighted by Gasteiger charge is 2.41. The Kier molecular flexibility index (Phi) is 3.72. The molecule has 0 saturated heterocycles. The molecule has 2 aliphatic carbocycles. The molecule has 0 radical (unpaired) electrons. The van der Waals surface area contributed by atoms with Gasteiger partial charge in [0.15, 0.2) is 0 Å². The third-order valence-corrected chi connectivity index (χ3v) is 5.58. The van der Waals surface area contributed by atoms with E-state index in [1.807, 2.05) is 25.8 Å². The summed E-state index contributed by atoms with van der Waals surface area (Å²) in [7, 11) is 1.89. The lowest BCUT2D eigenvalue weighted by molar-refractivity contribution is -0.135. The summed E-state index contributed by atoms with van der Waals surface area (Å²) in [5.74, 6) is 3.16. The van der Waals surface area contributed by atoms with Crippen molar-refractivity contribution < 1.29 is 4.79 Å². The van der Waals surface area contributed by atoms with Gasteiger partial charge in [-0.2, -0.15) is 0 Å². The van der Waals surface area contributed by atoms with Crippen LogP contribution in [-0.2, 0) is 4.79 Å². The summed E-state index contributed by atoms with van der Waals surface area (Å²) in [6.45, 7) is 4.05. The molecule has 2 fully saturated rings. The van der Waals surface area contributed by atoms with Gasteiger partial charge in [-0.25, -0.2) is 0 Å². The Morgan fingerprint density at radius 1 is 1.35 bits per heavy atom. The van der Waals surface area contributed by atoms with Gasteiger partial charge < -0.3 is 4.90 Å². The van der Waals surface area contributed by atoms with Gasteiger partial charge in [-0.15, -0.1) is 11.6 Å². The van der Waals surface area contributed by atoms with Crippen molar-refractivity contribution in [2.75, 3.05) is 12.9 Å². The zero-order valence-corrected chi connectivity index (χ0v) is 12.0. The number of rotatable bonds is 4. The lowest BCUT2D eigenvalue weighted by Crippen LogP contribution is -2.47. The average molecular weight is 258 g/mol. The molecule has 2 saturated carbocycles. The first-order valence-electron chi connectivity index (χ1n) is 6.76. The maximum Gasteiger partial charge on any atom is 0.223 e. The van der Waals surface area contributed by atoms with E-state index in [1.165, 1.54) is 25.7 Å². The summed E-state index contributed by atoms with van der Waals surface area (Å²) in [6.07, 6.45) is 6.15. The molecule has 3 heteroatoms. The first-order valence-corrected chi connectivity index (χ1v) is 7.30. The minimum atomic E-state index is -0.226. The molecule has 2 rings (SSSR count). The van der Waals surface area contributed by atoms with Gasteiger partial charge in [-0.3, -0.25) is 4.79 Å². The Morgan fingerprint density at radius 3 is 2.53 bits per heavy atom. The van der Waals surface area contributed by atoms with E-state index in [2.05, 4.69) is 0 Å². The van der Waals surface area contributed by atoms with Crippen molar-refractivity contribution in [1.29, 1.82) is 0 Å². The maximum atomic E-state index is 12.2. The van der Waals surface area contributed by atoms with Crippen molar-refractivity contribution in [2.24, 2.45) is 17.8 Å². The Balaban J connectivity index is 1.89. The predicted molar refractivity (Wildman–Crippen MR) is 71.1 cm³/mol. The van der Waals surface area contributed by atoms with Gasteiger partial charge in [0.2, 0.25) is 5.91 Å². The summed E-state index contributed by atoms with van der Waals surface area (Å²) >= 11 is 5.92. The van der Waals surface area contributed by atoms with Crippen LogP contribution in [0.3, 0.4) is 0 Å². The van der Waals surface area contributed by atoms with Crippen LogP contribution in [0.1, 0.15) is 46.0 Å². The zero-order valence-electron chi connectivity index (χ0n) is 11.2. The summed E-state index contributed by atoms with van der Waals surface area (Å²) in [6, 6.07) is 0. The lowest BCUT2D eigenvalue weighted by Gasteiger charge is -2.35. The summed E-state index contributed by atoms with van der Waals surface area (Å²) in [5, 5.41) is 0. The topological polar surface area (TPSA) is 20.3 Å². The average Bonchev–Trinajstić information content (AvgIpc) is 2.89. The molecule has 2 aliphatic rings. The molecule has 2 bridgehead atoms. The van der Waals surface area contributed by atoms with Gasteiger partial charge in [0.25, 0.3) is 0 Å². The van der Waals surface area contributed by atoms with E-state index in [1.54, 1.807) is 0 Å². The highest BCUT2D eigenvalue weighted by atomic mass is 35.5. The molecule has 3 unspecified atom stereocenters. The molecular formula is C14H24ClNO. The summed E-state index contributed by atoms with van der Waals surface area (Å²) in [4.78, 5) is 14.1. The lowest BCUT2D eigenvalue weighted by atomic mass is 9.86. The first-order chi connectivity index (χ1) is 7.94. The van der Waals surface area contributed by atoms with Crippen molar-refractivity contribution in [3.8, 4) is 0 Å². The van der Waals surface area contributed by atoms with E-state index in [-0.39, 0.29) is 11.4 Å². The zero-order chi connectivity index (χ0) is 12.6. The van der Waals surface area contributed by atoms with Gasteiger partial charge >= 0.3 is 0 Å². The second kappa shape index (κ2) is 4.79. The van der Waals surface area contributed by atoms with Crippen molar-refractivity contribution in [2.45, 2.75) is 51.5 Å². The van der Waals surface area contributed by atoms with Crippen molar-refractivity contribution in [1.82, 2.24) is 4.90 Å². The number of fused-ring (bicyclic) bond motifs is 2. The Labute approximate surface area is 110 Å². The van der Waals surface area contributed by atoms with Gasteiger partial charge in [0, 0.05) is 19.3 Å². The van der Waals surface area contributed by atoms with Gasteiger partial charge in [0.1, 0.15) is 0 Å². The minimum absolute atomic E-state index is 0.226. The molecule has 0 heterocycles. The normalized spacial score (nSPS) is 31.9. The minimum Gasteiger partial charge on any atom is -0.339 e. The molecule has 0 aliphatic heterocycles. The maximum absolute atomic E-state index is 12.2. The number of carbonyl (C=O) groups excluding carboxylic acids is 1. The highest BCUT2D eigenvalue weighted by molar-refractivity contribution is 6.18. The molecule has 2 nitrogen and oxygen atoms in total. The molecule has 1 amide bonds. The van der Waals surface area contributed by atoms with Crippen LogP contribution in [-0.4, -0.2) is 29.3 Å². The molecule has 17 heavy (non-hydrogen) atoms. The SMILES string of the molecule is CN(C(=O)CC1CC2CCC1C2)C(C)(C)CCl. The molecule has 98 valence electrons. The fourth-order valence-electron chi connectivity index (χ4n) is 3.41. The highest BCUT2D eigenvalue weighted by Crippen LogP contribution is 2.49. The number of alkyl halides is 1. The molecular weight excluding hydrogens is 234 g/mol. The van der Waals surface area contributed by atoms with E-state index in [0.717, 1.165) is 18.3 Å². The Morgan fingerprint density at radius 2 is 2.06 bits per heavy atom. The number of amides is 1. The monoisotopic (exact) mass is 257 g/mol. The van der Waals surface area contributed by atoms with E-state index in [9.17, 15) is 4.79 Å². The van der Waals surface area contributed by atoms with Crippen LogP contribution in [0.2, 0.25) is 0 Å².